The molecule has 0 heterocycles. The SMILES string of the molecule is CC[Si](C)(C)CCC(=O)OC. The first kappa shape index (κ1) is 10.7. The number of methoxy groups -OCH3 is 1. The molecule has 0 aromatic carbocycles. The van der Waals surface area contributed by atoms with Gasteiger partial charge in [-0.05, 0) is 6.04 Å². The fraction of sp³-hybridized carbons (Fsp3) is 0.875. The molecular weight excluding hydrogens is 156 g/mol. The van der Waals surface area contributed by atoms with Crippen molar-refractivity contribution in [3.8, 4) is 0 Å². The Labute approximate surface area is 69.9 Å². The van der Waals surface area contributed by atoms with Crippen molar-refractivity contribution in [3.63, 3.8) is 0 Å². The molecule has 0 fully saturated rings. The standard InChI is InChI=1S/C8H18O2Si/c1-5-11(3,4)7-6-8(9)10-2/h5-7H2,1-4H3. The lowest BCUT2D eigenvalue weighted by Gasteiger charge is -2.18. The number of ether oxygens (including phenoxy) is 1. The quantitative estimate of drug-likeness (QED) is 0.483. The second kappa shape index (κ2) is 4.54. The molecule has 0 N–H and O–H groups in total. The molecule has 0 radical (unpaired) electrons. The molecule has 66 valence electrons. The topological polar surface area (TPSA) is 26.3 Å². The van der Waals surface area contributed by atoms with Gasteiger partial charge >= 0.3 is 5.97 Å². The first-order chi connectivity index (χ1) is 5.02. The molecule has 0 bridgehead atoms. The van der Waals surface area contributed by atoms with E-state index in [1.165, 1.54) is 13.2 Å². The van der Waals surface area contributed by atoms with Gasteiger partial charge in [0.05, 0.1) is 7.11 Å². The van der Waals surface area contributed by atoms with Crippen molar-refractivity contribution in [3.05, 3.63) is 0 Å². The highest BCUT2D eigenvalue weighted by Crippen LogP contribution is 2.16. The Morgan fingerprint density at radius 3 is 2.36 bits per heavy atom. The maximum absolute atomic E-state index is 10.8. The predicted molar refractivity (Wildman–Crippen MR) is 49.4 cm³/mol. The Hall–Kier alpha value is -0.313. The number of hydrogen-bond acceptors (Lipinski definition) is 2. The van der Waals surface area contributed by atoms with Gasteiger partial charge in [0.15, 0.2) is 0 Å². The summed E-state index contributed by atoms with van der Waals surface area (Å²) in [7, 11) is 0.390. The zero-order chi connectivity index (χ0) is 8.91. The van der Waals surface area contributed by atoms with E-state index in [-0.39, 0.29) is 5.97 Å². The number of carbonyl (C=O) groups is 1. The number of hydrogen-bond donors (Lipinski definition) is 0. The maximum Gasteiger partial charge on any atom is 0.305 e. The molecule has 0 atom stereocenters. The van der Waals surface area contributed by atoms with Crippen LogP contribution in [0.25, 0.3) is 0 Å². The van der Waals surface area contributed by atoms with Crippen molar-refractivity contribution in [1.82, 2.24) is 0 Å². The summed E-state index contributed by atoms with van der Waals surface area (Å²) in [6.45, 7) is 6.80. The lowest BCUT2D eigenvalue weighted by atomic mass is 10.5. The maximum atomic E-state index is 10.8. The fourth-order valence-corrected chi connectivity index (χ4v) is 1.95. The molecule has 11 heavy (non-hydrogen) atoms. The van der Waals surface area contributed by atoms with E-state index in [9.17, 15) is 4.79 Å². The van der Waals surface area contributed by atoms with E-state index in [1.54, 1.807) is 0 Å². The van der Waals surface area contributed by atoms with Crippen LogP contribution in [0.3, 0.4) is 0 Å². The van der Waals surface area contributed by atoms with E-state index in [0.29, 0.717) is 6.42 Å². The number of carbonyl (C=O) groups excluding carboxylic acids is 1. The van der Waals surface area contributed by atoms with Gasteiger partial charge < -0.3 is 4.74 Å². The van der Waals surface area contributed by atoms with Crippen LogP contribution in [0.1, 0.15) is 13.3 Å². The van der Waals surface area contributed by atoms with Crippen LogP contribution in [0.15, 0.2) is 0 Å². The summed E-state index contributed by atoms with van der Waals surface area (Å²) in [5.74, 6) is -0.0703. The van der Waals surface area contributed by atoms with Crippen LogP contribution in [0.5, 0.6) is 0 Å². The van der Waals surface area contributed by atoms with Crippen LogP contribution in [-0.2, 0) is 9.53 Å². The monoisotopic (exact) mass is 174 g/mol. The molecular formula is C8H18O2Si. The number of rotatable bonds is 4. The Morgan fingerprint density at radius 2 is 2.00 bits per heavy atom. The van der Waals surface area contributed by atoms with Crippen molar-refractivity contribution in [2.45, 2.75) is 38.5 Å². The fourth-order valence-electron chi connectivity index (χ4n) is 0.719. The second-order valence-corrected chi connectivity index (χ2v) is 9.13. The summed E-state index contributed by atoms with van der Waals surface area (Å²) in [4.78, 5) is 10.8. The first-order valence-electron chi connectivity index (χ1n) is 4.08. The third-order valence-corrected chi connectivity index (χ3v) is 5.71. The Kier molecular flexibility index (Phi) is 4.41. The number of esters is 1. The molecule has 0 amide bonds. The summed E-state index contributed by atoms with van der Waals surface area (Å²) in [6, 6.07) is 2.29. The van der Waals surface area contributed by atoms with E-state index < -0.39 is 8.07 Å². The highest BCUT2D eigenvalue weighted by Gasteiger charge is 2.18. The van der Waals surface area contributed by atoms with Crippen molar-refractivity contribution in [2.24, 2.45) is 0 Å². The largest absolute Gasteiger partial charge is 0.469 e. The van der Waals surface area contributed by atoms with Gasteiger partial charge in [0.1, 0.15) is 0 Å². The minimum absolute atomic E-state index is 0.0703. The van der Waals surface area contributed by atoms with E-state index in [2.05, 4.69) is 24.8 Å². The Balaban J connectivity index is 3.61. The van der Waals surface area contributed by atoms with Gasteiger partial charge in [-0.15, -0.1) is 0 Å². The normalized spacial score (nSPS) is 11.3. The Morgan fingerprint density at radius 1 is 1.45 bits per heavy atom. The molecule has 0 rings (SSSR count). The van der Waals surface area contributed by atoms with Crippen molar-refractivity contribution < 1.29 is 9.53 Å². The van der Waals surface area contributed by atoms with Crippen LogP contribution >= 0.6 is 0 Å². The third kappa shape index (κ3) is 5.01. The van der Waals surface area contributed by atoms with Crippen LogP contribution in [0.4, 0.5) is 0 Å². The molecule has 3 heteroatoms. The highest BCUT2D eigenvalue weighted by atomic mass is 28.3. The lowest BCUT2D eigenvalue weighted by molar-refractivity contribution is -0.140. The summed E-state index contributed by atoms with van der Waals surface area (Å²) >= 11 is 0. The summed E-state index contributed by atoms with van der Waals surface area (Å²) < 4.78 is 4.57. The molecule has 0 aromatic rings. The van der Waals surface area contributed by atoms with Crippen LogP contribution in [-0.4, -0.2) is 21.2 Å². The zero-order valence-corrected chi connectivity index (χ0v) is 8.94. The van der Waals surface area contributed by atoms with Crippen molar-refractivity contribution in [2.75, 3.05) is 7.11 Å². The van der Waals surface area contributed by atoms with E-state index >= 15 is 0 Å². The van der Waals surface area contributed by atoms with E-state index in [0.717, 1.165) is 6.04 Å². The molecule has 0 aliphatic rings. The molecule has 0 aliphatic carbocycles. The summed E-state index contributed by atoms with van der Waals surface area (Å²) in [5.41, 5.74) is 0. The Bertz CT molecular complexity index is 132. The van der Waals surface area contributed by atoms with E-state index in [4.69, 9.17) is 0 Å². The minimum atomic E-state index is -1.06. The van der Waals surface area contributed by atoms with Gasteiger partial charge in [-0.1, -0.05) is 26.1 Å². The van der Waals surface area contributed by atoms with Gasteiger partial charge in [-0.25, -0.2) is 0 Å². The molecule has 0 saturated heterocycles. The third-order valence-electron chi connectivity index (χ3n) is 2.19. The van der Waals surface area contributed by atoms with Gasteiger partial charge in [-0.2, -0.15) is 0 Å². The van der Waals surface area contributed by atoms with Gasteiger partial charge in [0.25, 0.3) is 0 Å². The molecule has 2 nitrogen and oxygen atoms in total. The van der Waals surface area contributed by atoms with Crippen LogP contribution < -0.4 is 0 Å². The first-order valence-corrected chi connectivity index (χ1v) is 7.50. The minimum Gasteiger partial charge on any atom is -0.469 e. The van der Waals surface area contributed by atoms with Gasteiger partial charge in [0, 0.05) is 14.5 Å². The molecule has 0 unspecified atom stereocenters. The van der Waals surface area contributed by atoms with Crippen molar-refractivity contribution >= 4 is 14.0 Å². The average Bonchev–Trinajstić information content (AvgIpc) is 2.00. The summed E-state index contributed by atoms with van der Waals surface area (Å²) in [6.07, 6.45) is 0.601. The second-order valence-electron chi connectivity index (χ2n) is 3.59. The lowest BCUT2D eigenvalue weighted by Crippen LogP contribution is -2.24. The highest BCUT2D eigenvalue weighted by molar-refractivity contribution is 6.77. The molecule has 0 aliphatic heterocycles. The predicted octanol–water partition coefficient (Wildman–Crippen LogP) is 2.28. The van der Waals surface area contributed by atoms with Gasteiger partial charge in [-0.3, -0.25) is 4.79 Å². The smallest absolute Gasteiger partial charge is 0.305 e. The summed E-state index contributed by atoms with van der Waals surface area (Å²) in [5, 5.41) is 0. The molecule has 0 spiro atoms. The zero-order valence-electron chi connectivity index (χ0n) is 7.94. The van der Waals surface area contributed by atoms with Crippen molar-refractivity contribution in [1.29, 1.82) is 0 Å². The van der Waals surface area contributed by atoms with Gasteiger partial charge in [0.2, 0.25) is 0 Å². The van der Waals surface area contributed by atoms with E-state index in [1.807, 2.05) is 0 Å². The van der Waals surface area contributed by atoms with Crippen LogP contribution in [0, 0.1) is 0 Å². The van der Waals surface area contributed by atoms with Crippen LogP contribution in [0.2, 0.25) is 25.2 Å². The molecule has 0 saturated carbocycles. The molecule has 0 aromatic heterocycles. The average molecular weight is 174 g/mol.